The van der Waals surface area contributed by atoms with Crippen LogP contribution in [0.2, 0.25) is 0 Å². The van der Waals surface area contributed by atoms with Crippen molar-refractivity contribution >= 4 is 0 Å². The van der Waals surface area contributed by atoms with Gasteiger partial charge in [0.2, 0.25) is 0 Å². The van der Waals surface area contributed by atoms with Crippen molar-refractivity contribution in [3.05, 3.63) is 23.8 Å². The molecule has 0 saturated carbocycles. The highest BCUT2D eigenvalue weighted by atomic mass is 14.0. The van der Waals surface area contributed by atoms with E-state index < -0.39 is 0 Å². The molecule has 0 heteroatoms. The minimum absolute atomic E-state index is 0.610. The van der Waals surface area contributed by atoms with Crippen LogP contribution in [-0.4, -0.2) is 0 Å². The number of hydrogen-bond acceptors (Lipinski definition) is 0. The SMILES string of the molecule is CCC=CC(C)C(C)=CCC(C)C. The first-order chi connectivity index (χ1) is 6.07. The molecule has 0 nitrogen and oxygen atoms in total. The lowest BCUT2D eigenvalue weighted by Crippen LogP contribution is -1.93. The van der Waals surface area contributed by atoms with E-state index in [9.17, 15) is 0 Å². The van der Waals surface area contributed by atoms with Crippen molar-refractivity contribution in [3.63, 3.8) is 0 Å². The Bertz CT molecular complexity index is 172. The van der Waals surface area contributed by atoms with Crippen molar-refractivity contribution in [2.75, 3.05) is 0 Å². The molecule has 0 aliphatic heterocycles. The molecule has 0 fully saturated rings. The fraction of sp³-hybridized carbons (Fsp3) is 0.692. The molecule has 13 heavy (non-hydrogen) atoms. The van der Waals surface area contributed by atoms with E-state index in [4.69, 9.17) is 0 Å². The van der Waals surface area contributed by atoms with Gasteiger partial charge in [0.15, 0.2) is 0 Å². The zero-order valence-corrected chi connectivity index (χ0v) is 9.80. The van der Waals surface area contributed by atoms with Crippen LogP contribution in [0.4, 0.5) is 0 Å². The summed E-state index contributed by atoms with van der Waals surface area (Å²) in [6.07, 6.45) is 9.26. The molecule has 0 rings (SSSR count). The van der Waals surface area contributed by atoms with Crippen LogP contribution in [0.25, 0.3) is 0 Å². The highest BCUT2D eigenvalue weighted by molar-refractivity contribution is 5.09. The Kier molecular flexibility index (Phi) is 6.66. The van der Waals surface area contributed by atoms with E-state index in [0.717, 1.165) is 12.3 Å². The van der Waals surface area contributed by atoms with E-state index in [1.165, 1.54) is 12.0 Å². The van der Waals surface area contributed by atoms with Crippen LogP contribution in [0.5, 0.6) is 0 Å². The van der Waals surface area contributed by atoms with Crippen molar-refractivity contribution < 1.29 is 0 Å². The predicted octanol–water partition coefficient (Wildman–Crippen LogP) is 4.58. The molecule has 0 amide bonds. The maximum Gasteiger partial charge on any atom is -0.00544 e. The summed E-state index contributed by atoms with van der Waals surface area (Å²) in [5, 5.41) is 0. The van der Waals surface area contributed by atoms with Gasteiger partial charge in [0, 0.05) is 0 Å². The first kappa shape index (κ1) is 12.5. The molecule has 0 spiro atoms. The standard InChI is InChI=1S/C13H24/c1-6-7-8-12(4)13(5)10-9-11(2)3/h7-8,10-12H,6,9H2,1-5H3. The monoisotopic (exact) mass is 180 g/mol. The Hall–Kier alpha value is -0.520. The summed E-state index contributed by atoms with van der Waals surface area (Å²) in [4.78, 5) is 0. The van der Waals surface area contributed by atoms with Gasteiger partial charge >= 0.3 is 0 Å². The smallest absolute Gasteiger partial charge is 0.00544 e. The van der Waals surface area contributed by atoms with Gasteiger partial charge in [-0.05, 0) is 31.6 Å². The Morgan fingerprint density at radius 3 is 2.31 bits per heavy atom. The maximum atomic E-state index is 2.37. The average Bonchev–Trinajstić information content (AvgIpc) is 2.10. The van der Waals surface area contributed by atoms with E-state index in [-0.39, 0.29) is 0 Å². The number of allylic oxidation sites excluding steroid dienone is 4. The average molecular weight is 180 g/mol. The molecule has 0 N–H and O–H groups in total. The van der Waals surface area contributed by atoms with Crippen molar-refractivity contribution in [2.24, 2.45) is 11.8 Å². The molecule has 0 aliphatic carbocycles. The van der Waals surface area contributed by atoms with Gasteiger partial charge in [-0.15, -0.1) is 0 Å². The minimum Gasteiger partial charge on any atom is -0.0882 e. The van der Waals surface area contributed by atoms with E-state index in [0.29, 0.717) is 5.92 Å². The number of rotatable bonds is 5. The molecular formula is C13H24. The highest BCUT2D eigenvalue weighted by Crippen LogP contribution is 2.14. The van der Waals surface area contributed by atoms with Crippen LogP contribution in [-0.2, 0) is 0 Å². The van der Waals surface area contributed by atoms with Crippen molar-refractivity contribution in [3.8, 4) is 0 Å². The molecular weight excluding hydrogens is 156 g/mol. The zero-order chi connectivity index (χ0) is 10.3. The summed E-state index contributed by atoms with van der Waals surface area (Å²) in [5.74, 6) is 1.39. The Labute approximate surface area is 83.7 Å². The van der Waals surface area contributed by atoms with Crippen molar-refractivity contribution in [2.45, 2.75) is 47.5 Å². The van der Waals surface area contributed by atoms with Gasteiger partial charge in [-0.25, -0.2) is 0 Å². The van der Waals surface area contributed by atoms with Crippen LogP contribution in [0.3, 0.4) is 0 Å². The van der Waals surface area contributed by atoms with Gasteiger partial charge in [0.25, 0.3) is 0 Å². The van der Waals surface area contributed by atoms with Gasteiger partial charge in [-0.1, -0.05) is 51.5 Å². The van der Waals surface area contributed by atoms with Crippen LogP contribution >= 0.6 is 0 Å². The summed E-state index contributed by atoms with van der Waals surface area (Å²) in [6.45, 7) is 11.2. The van der Waals surface area contributed by atoms with Crippen molar-refractivity contribution in [1.82, 2.24) is 0 Å². The molecule has 1 unspecified atom stereocenters. The highest BCUT2D eigenvalue weighted by Gasteiger charge is 1.99. The van der Waals surface area contributed by atoms with Crippen molar-refractivity contribution in [1.29, 1.82) is 0 Å². The fourth-order valence-corrected chi connectivity index (χ4v) is 1.10. The molecule has 0 aromatic carbocycles. The molecule has 1 atom stereocenters. The maximum absolute atomic E-state index is 2.37. The van der Waals surface area contributed by atoms with E-state index >= 15 is 0 Å². The van der Waals surface area contributed by atoms with Crippen LogP contribution in [0, 0.1) is 11.8 Å². The normalized spacial score (nSPS) is 15.7. The quantitative estimate of drug-likeness (QED) is 0.543. The van der Waals surface area contributed by atoms with Crippen LogP contribution < -0.4 is 0 Å². The third-order valence-electron chi connectivity index (χ3n) is 2.29. The molecule has 76 valence electrons. The summed E-state index contributed by atoms with van der Waals surface area (Å²) in [6, 6.07) is 0. The molecule has 0 aliphatic rings. The first-order valence-corrected chi connectivity index (χ1v) is 5.41. The Balaban J connectivity index is 4.00. The molecule has 0 heterocycles. The summed E-state index contributed by atoms with van der Waals surface area (Å²) < 4.78 is 0. The first-order valence-electron chi connectivity index (χ1n) is 5.41. The Morgan fingerprint density at radius 1 is 1.23 bits per heavy atom. The lowest BCUT2D eigenvalue weighted by atomic mass is 9.99. The lowest BCUT2D eigenvalue weighted by molar-refractivity contribution is 0.656. The van der Waals surface area contributed by atoms with E-state index in [2.05, 4.69) is 52.8 Å². The molecule has 0 aromatic rings. The zero-order valence-electron chi connectivity index (χ0n) is 9.80. The molecule has 0 aromatic heterocycles. The summed E-state index contributed by atoms with van der Waals surface area (Å²) >= 11 is 0. The van der Waals surface area contributed by atoms with E-state index in [1.807, 2.05) is 0 Å². The third-order valence-corrected chi connectivity index (χ3v) is 2.29. The largest absolute Gasteiger partial charge is 0.0882 e. The van der Waals surface area contributed by atoms with Gasteiger partial charge in [0.05, 0.1) is 0 Å². The Morgan fingerprint density at radius 2 is 1.85 bits per heavy atom. The lowest BCUT2D eigenvalue weighted by Gasteiger charge is -2.07. The third kappa shape index (κ3) is 6.62. The van der Waals surface area contributed by atoms with Gasteiger partial charge in [-0.3, -0.25) is 0 Å². The fourth-order valence-electron chi connectivity index (χ4n) is 1.10. The van der Waals surface area contributed by atoms with Crippen LogP contribution in [0.1, 0.15) is 47.5 Å². The topological polar surface area (TPSA) is 0 Å². The second kappa shape index (κ2) is 6.94. The number of hydrogen-bond donors (Lipinski definition) is 0. The second-order valence-corrected chi connectivity index (χ2v) is 4.20. The van der Waals surface area contributed by atoms with E-state index in [1.54, 1.807) is 0 Å². The summed E-state index contributed by atoms with van der Waals surface area (Å²) in [5.41, 5.74) is 1.50. The summed E-state index contributed by atoms with van der Waals surface area (Å²) in [7, 11) is 0. The molecule has 0 bridgehead atoms. The second-order valence-electron chi connectivity index (χ2n) is 4.20. The van der Waals surface area contributed by atoms with Gasteiger partial charge in [-0.2, -0.15) is 0 Å². The molecule has 0 saturated heterocycles. The molecule has 0 radical (unpaired) electrons. The predicted molar refractivity (Wildman–Crippen MR) is 61.8 cm³/mol. The van der Waals surface area contributed by atoms with Crippen LogP contribution in [0.15, 0.2) is 23.8 Å². The minimum atomic E-state index is 0.610. The van der Waals surface area contributed by atoms with Gasteiger partial charge in [0.1, 0.15) is 0 Å². The van der Waals surface area contributed by atoms with Gasteiger partial charge < -0.3 is 0 Å².